The van der Waals surface area contributed by atoms with E-state index in [-0.39, 0.29) is 23.4 Å². The highest BCUT2D eigenvalue weighted by molar-refractivity contribution is 8.14. The molecule has 2 amide bonds. The first kappa shape index (κ1) is 12.9. The molecule has 2 aromatic heterocycles. The standard InChI is InChI=1S/C11H12N6O2S/c1-12-9-6-3-13-16(2)10(6)15-7(14-9)4-17-8(18)5-20-11(17)19/h3H,4-5H2,1-2H3,(H,12,14,15). The summed E-state index contributed by atoms with van der Waals surface area (Å²) in [6.07, 6.45) is 1.67. The molecular formula is C11H12N6O2S. The number of hydrogen-bond acceptors (Lipinski definition) is 7. The smallest absolute Gasteiger partial charge is 0.289 e. The number of rotatable bonds is 3. The van der Waals surface area contributed by atoms with Gasteiger partial charge in [0.2, 0.25) is 5.91 Å². The van der Waals surface area contributed by atoms with E-state index in [0.29, 0.717) is 17.3 Å². The third-order valence-corrected chi connectivity index (χ3v) is 3.87. The highest BCUT2D eigenvalue weighted by Crippen LogP contribution is 2.23. The molecule has 3 heterocycles. The summed E-state index contributed by atoms with van der Waals surface area (Å²) in [6.45, 7) is 0.0838. The van der Waals surface area contributed by atoms with Gasteiger partial charge in [0.15, 0.2) is 11.5 Å². The van der Waals surface area contributed by atoms with Gasteiger partial charge >= 0.3 is 0 Å². The molecule has 0 saturated carbocycles. The second kappa shape index (κ2) is 4.75. The van der Waals surface area contributed by atoms with Gasteiger partial charge in [0.25, 0.3) is 5.24 Å². The molecule has 0 bridgehead atoms. The molecule has 1 saturated heterocycles. The molecule has 1 aliphatic rings. The maximum atomic E-state index is 11.6. The van der Waals surface area contributed by atoms with E-state index in [4.69, 9.17) is 0 Å². The minimum Gasteiger partial charge on any atom is -0.372 e. The first-order chi connectivity index (χ1) is 9.60. The average molecular weight is 292 g/mol. The fourth-order valence-electron chi connectivity index (χ4n) is 2.00. The number of fused-ring (bicyclic) bond motifs is 1. The number of thioether (sulfide) groups is 1. The van der Waals surface area contributed by atoms with Crippen LogP contribution in [0.4, 0.5) is 10.6 Å². The number of carbonyl (C=O) groups is 2. The van der Waals surface area contributed by atoms with Crippen molar-refractivity contribution in [1.29, 1.82) is 0 Å². The lowest BCUT2D eigenvalue weighted by atomic mass is 10.3. The maximum Gasteiger partial charge on any atom is 0.289 e. The van der Waals surface area contributed by atoms with Crippen LogP contribution < -0.4 is 5.32 Å². The summed E-state index contributed by atoms with van der Waals surface area (Å²) >= 11 is 1.000. The summed E-state index contributed by atoms with van der Waals surface area (Å²) in [4.78, 5) is 33.1. The Morgan fingerprint density at radius 3 is 2.85 bits per heavy atom. The zero-order valence-electron chi connectivity index (χ0n) is 11.0. The van der Waals surface area contributed by atoms with E-state index in [2.05, 4.69) is 20.4 Å². The van der Waals surface area contributed by atoms with Gasteiger partial charge in [-0.3, -0.25) is 19.2 Å². The van der Waals surface area contributed by atoms with Crippen molar-refractivity contribution < 1.29 is 9.59 Å². The van der Waals surface area contributed by atoms with Crippen molar-refractivity contribution in [3.05, 3.63) is 12.0 Å². The molecule has 0 unspecified atom stereocenters. The van der Waals surface area contributed by atoms with Crippen LogP contribution in [-0.4, -0.2) is 48.6 Å². The zero-order valence-corrected chi connectivity index (χ0v) is 11.8. The van der Waals surface area contributed by atoms with Crippen molar-refractivity contribution in [2.75, 3.05) is 18.1 Å². The lowest BCUT2D eigenvalue weighted by molar-refractivity contribution is -0.125. The topological polar surface area (TPSA) is 93.0 Å². The lowest BCUT2D eigenvalue weighted by Crippen LogP contribution is -2.29. The maximum absolute atomic E-state index is 11.6. The van der Waals surface area contributed by atoms with Crippen LogP contribution in [-0.2, 0) is 18.4 Å². The van der Waals surface area contributed by atoms with Gasteiger partial charge in [0.05, 0.1) is 23.9 Å². The number of aromatic nitrogens is 4. The molecule has 1 aliphatic heterocycles. The zero-order chi connectivity index (χ0) is 14.3. The summed E-state index contributed by atoms with van der Waals surface area (Å²) in [5.74, 6) is 1.02. The Morgan fingerprint density at radius 1 is 1.40 bits per heavy atom. The largest absolute Gasteiger partial charge is 0.372 e. The third kappa shape index (κ3) is 1.99. The van der Waals surface area contributed by atoms with Crippen LogP contribution in [0.1, 0.15) is 5.82 Å². The van der Waals surface area contributed by atoms with Crippen LogP contribution >= 0.6 is 11.8 Å². The first-order valence-corrected chi connectivity index (χ1v) is 6.92. The van der Waals surface area contributed by atoms with Crippen LogP contribution in [0.15, 0.2) is 6.20 Å². The highest BCUT2D eigenvalue weighted by atomic mass is 32.2. The molecule has 1 fully saturated rings. The molecule has 1 N–H and O–H groups in total. The van der Waals surface area contributed by atoms with Crippen molar-refractivity contribution in [2.45, 2.75) is 6.54 Å². The first-order valence-electron chi connectivity index (χ1n) is 5.93. The number of anilines is 1. The van der Waals surface area contributed by atoms with E-state index in [9.17, 15) is 9.59 Å². The van der Waals surface area contributed by atoms with E-state index < -0.39 is 0 Å². The summed E-state index contributed by atoms with van der Waals surface area (Å²) < 4.78 is 1.63. The van der Waals surface area contributed by atoms with Crippen LogP contribution in [0.5, 0.6) is 0 Å². The Kier molecular flexibility index (Phi) is 3.05. The third-order valence-electron chi connectivity index (χ3n) is 3.02. The Morgan fingerprint density at radius 2 is 2.20 bits per heavy atom. The van der Waals surface area contributed by atoms with Crippen LogP contribution in [0.2, 0.25) is 0 Å². The van der Waals surface area contributed by atoms with Crippen molar-refractivity contribution in [3.63, 3.8) is 0 Å². The summed E-state index contributed by atoms with van der Waals surface area (Å²) in [5.41, 5.74) is 0.658. The number of amides is 2. The molecule has 104 valence electrons. The van der Waals surface area contributed by atoms with Crippen molar-refractivity contribution >= 4 is 39.8 Å². The van der Waals surface area contributed by atoms with E-state index in [0.717, 1.165) is 17.1 Å². The quantitative estimate of drug-likeness (QED) is 0.885. The fourth-order valence-corrected chi connectivity index (χ4v) is 2.73. The van der Waals surface area contributed by atoms with E-state index in [1.54, 1.807) is 25.0 Å². The van der Waals surface area contributed by atoms with Gasteiger partial charge in [-0.25, -0.2) is 9.97 Å². The molecule has 0 atom stereocenters. The summed E-state index contributed by atoms with van der Waals surface area (Å²) in [7, 11) is 3.53. The minimum atomic E-state index is -0.255. The lowest BCUT2D eigenvalue weighted by Gasteiger charge is -2.12. The Bertz CT molecular complexity index is 696. The molecule has 0 spiro atoms. The second-order valence-corrected chi connectivity index (χ2v) is 5.20. The summed E-state index contributed by atoms with van der Waals surface area (Å²) in [5, 5.41) is 7.65. The number of carbonyl (C=O) groups excluding carboxylic acids is 2. The van der Waals surface area contributed by atoms with E-state index in [1.807, 2.05) is 0 Å². The van der Waals surface area contributed by atoms with Crippen molar-refractivity contribution in [3.8, 4) is 0 Å². The van der Waals surface area contributed by atoms with Crippen LogP contribution in [0.25, 0.3) is 11.0 Å². The molecule has 20 heavy (non-hydrogen) atoms. The van der Waals surface area contributed by atoms with Gasteiger partial charge in [-0.1, -0.05) is 11.8 Å². The molecular weight excluding hydrogens is 280 g/mol. The van der Waals surface area contributed by atoms with Gasteiger partial charge in [-0.05, 0) is 0 Å². The molecule has 0 radical (unpaired) electrons. The Balaban J connectivity index is 2.01. The monoisotopic (exact) mass is 292 g/mol. The molecule has 0 aliphatic carbocycles. The predicted octanol–water partition coefficient (Wildman–Crippen LogP) is 0.600. The van der Waals surface area contributed by atoms with Crippen molar-refractivity contribution in [1.82, 2.24) is 24.6 Å². The normalized spacial score (nSPS) is 15.4. The molecule has 8 nitrogen and oxygen atoms in total. The van der Waals surface area contributed by atoms with Crippen molar-refractivity contribution in [2.24, 2.45) is 7.05 Å². The van der Waals surface area contributed by atoms with Gasteiger partial charge in [-0.15, -0.1) is 0 Å². The SMILES string of the molecule is CNc1nc(CN2C(=O)CSC2=O)nc2c1cnn2C. The fraction of sp³-hybridized carbons (Fsp3) is 0.364. The predicted molar refractivity (Wildman–Crippen MR) is 74.3 cm³/mol. The molecule has 0 aromatic carbocycles. The number of nitrogens with one attached hydrogen (secondary N) is 1. The average Bonchev–Trinajstić information content (AvgIpc) is 2.96. The Labute approximate surface area is 118 Å². The van der Waals surface area contributed by atoms with Gasteiger partial charge in [-0.2, -0.15) is 5.10 Å². The number of aryl methyl sites for hydroxylation is 1. The van der Waals surface area contributed by atoms with Gasteiger partial charge in [0.1, 0.15) is 5.82 Å². The number of hydrogen-bond donors (Lipinski definition) is 1. The molecule has 3 rings (SSSR count). The highest BCUT2D eigenvalue weighted by Gasteiger charge is 2.30. The summed E-state index contributed by atoms with van der Waals surface area (Å²) in [6, 6.07) is 0. The van der Waals surface area contributed by atoms with Crippen LogP contribution in [0.3, 0.4) is 0 Å². The van der Waals surface area contributed by atoms with Gasteiger partial charge in [0, 0.05) is 14.1 Å². The second-order valence-electron chi connectivity index (χ2n) is 4.28. The molecule has 2 aromatic rings. The minimum absolute atomic E-state index is 0.0838. The molecule has 9 heteroatoms. The number of nitrogens with zero attached hydrogens (tertiary/aromatic N) is 5. The van der Waals surface area contributed by atoms with E-state index >= 15 is 0 Å². The van der Waals surface area contributed by atoms with Gasteiger partial charge < -0.3 is 5.32 Å². The van der Waals surface area contributed by atoms with E-state index in [1.165, 1.54) is 4.90 Å². The Hall–Kier alpha value is -2.16. The van der Waals surface area contributed by atoms with Crippen LogP contribution in [0, 0.1) is 0 Å². The number of imide groups is 1.